The topological polar surface area (TPSA) is 34.1 Å². The molecule has 104 valence electrons. The fourth-order valence-corrected chi connectivity index (χ4v) is 2.24. The van der Waals surface area contributed by atoms with Gasteiger partial charge in [0, 0.05) is 35.0 Å². The minimum absolute atomic E-state index is 0.679. The number of benzene rings is 1. The van der Waals surface area contributed by atoms with Crippen molar-refractivity contribution in [3.63, 3.8) is 0 Å². The number of hydrogen-bond acceptors (Lipinski definition) is 3. The number of hydrogen-bond donors (Lipinski definition) is 1. The Morgan fingerprint density at radius 2 is 2.20 bits per heavy atom. The first kappa shape index (κ1) is 13.6. The van der Waals surface area contributed by atoms with Crippen LogP contribution in [0.3, 0.4) is 0 Å². The van der Waals surface area contributed by atoms with Gasteiger partial charge in [-0.05, 0) is 49.6 Å². The summed E-state index contributed by atoms with van der Waals surface area (Å²) >= 11 is 3.50. The summed E-state index contributed by atoms with van der Waals surface area (Å²) in [4.78, 5) is 4.19. The first-order valence-corrected chi connectivity index (χ1v) is 7.62. The number of halogens is 1. The molecule has 1 heterocycles. The lowest BCUT2D eigenvalue weighted by molar-refractivity contribution is 0.471. The van der Waals surface area contributed by atoms with Crippen LogP contribution in [0.25, 0.3) is 0 Å². The Bertz CT molecular complexity index is 611. The van der Waals surface area contributed by atoms with E-state index in [2.05, 4.69) is 33.2 Å². The second-order valence-electron chi connectivity index (χ2n) is 5.15. The summed E-state index contributed by atoms with van der Waals surface area (Å²) in [7, 11) is 0. The first-order valence-electron chi connectivity index (χ1n) is 6.82. The van der Waals surface area contributed by atoms with Crippen molar-refractivity contribution in [2.24, 2.45) is 0 Å². The van der Waals surface area contributed by atoms with Gasteiger partial charge >= 0.3 is 0 Å². The van der Waals surface area contributed by atoms with Gasteiger partial charge in [0.05, 0.1) is 0 Å². The van der Waals surface area contributed by atoms with Crippen LogP contribution in [-0.2, 0) is 6.54 Å². The average molecular weight is 333 g/mol. The number of nitrogens with one attached hydrogen (secondary N) is 1. The van der Waals surface area contributed by atoms with Gasteiger partial charge < -0.3 is 10.1 Å². The fourth-order valence-electron chi connectivity index (χ4n) is 2.00. The van der Waals surface area contributed by atoms with Crippen LogP contribution in [0.15, 0.2) is 41.1 Å². The molecule has 1 saturated carbocycles. The fraction of sp³-hybridized carbons (Fsp3) is 0.312. The van der Waals surface area contributed by atoms with Gasteiger partial charge in [-0.1, -0.05) is 15.9 Å². The highest BCUT2D eigenvalue weighted by Gasteiger charge is 2.20. The van der Waals surface area contributed by atoms with Gasteiger partial charge in [-0.3, -0.25) is 4.98 Å². The van der Waals surface area contributed by atoms with E-state index in [4.69, 9.17) is 4.74 Å². The maximum atomic E-state index is 6.00. The second kappa shape index (κ2) is 5.94. The molecule has 1 aromatic carbocycles. The van der Waals surface area contributed by atoms with E-state index in [-0.39, 0.29) is 0 Å². The standard InChI is InChI=1S/C16H17BrN2O/c1-11-8-14(4-5-15(11)17)20-16-6-7-18-9-12(16)10-19-13-2-3-13/h4-9,13,19H,2-3,10H2,1H3. The van der Waals surface area contributed by atoms with Gasteiger partial charge in [-0.15, -0.1) is 0 Å². The predicted octanol–water partition coefficient (Wildman–Crippen LogP) is 4.20. The van der Waals surface area contributed by atoms with Crippen molar-refractivity contribution in [3.05, 3.63) is 52.3 Å². The third-order valence-corrected chi connectivity index (χ3v) is 4.26. The number of aromatic nitrogens is 1. The molecule has 0 radical (unpaired) electrons. The molecule has 0 atom stereocenters. The first-order chi connectivity index (χ1) is 9.72. The Morgan fingerprint density at radius 3 is 2.95 bits per heavy atom. The van der Waals surface area contributed by atoms with Crippen molar-refractivity contribution in [1.82, 2.24) is 10.3 Å². The zero-order valence-electron chi connectivity index (χ0n) is 11.4. The second-order valence-corrected chi connectivity index (χ2v) is 6.01. The minimum atomic E-state index is 0.679. The van der Waals surface area contributed by atoms with Gasteiger partial charge in [-0.2, -0.15) is 0 Å². The van der Waals surface area contributed by atoms with Gasteiger partial charge in [0.25, 0.3) is 0 Å². The van der Waals surface area contributed by atoms with Crippen LogP contribution < -0.4 is 10.1 Å². The van der Waals surface area contributed by atoms with Crippen LogP contribution in [0.2, 0.25) is 0 Å². The molecule has 1 N–H and O–H groups in total. The molecule has 0 amide bonds. The molecule has 2 aromatic rings. The largest absolute Gasteiger partial charge is 0.457 e. The smallest absolute Gasteiger partial charge is 0.134 e. The quantitative estimate of drug-likeness (QED) is 0.891. The van der Waals surface area contributed by atoms with Crippen molar-refractivity contribution in [3.8, 4) is 11.5 Å². The highest BCUT2D eigenvalue weighted by Crippen LogP contribution is 2.28. The maximum absolute atomic E-state index is 6.00. The van der Waals surface area contributed by atoms with E-state index in [9.17, 15) is 0 Å². The highest BCUT2D eigenvalue weighted by atomic mass is 79.9. The monoisotopic (exact) mass is 332 g/mol. The molecule has 0 aliphatic heterocycles. The summed E-state index contributed by atoms with van der Waals surface area (Å²) in [5.41, 5.74) is 2.26. The van der Waals surface area contributed by atoms with E-state index in [0.717, 1.165) is 33.6 Å². The van der Waals surface area contributed by atoms with E-state index in [1.54, 1.807) is 6.20 Å². The van der Waals surface area contributed by atoms with E-state index in [0.29, 0.717) is 6.04 Å². The molecule has 1 fully saturated rings. The summed E-state index contributed by atoms with van der Waals surface area (Å²) in [5, 5.41) is 3.49. The number of aryl methyl sites for hydroxylation is 1. The Kier molecular flexibility index (Phi) is 4.03. The molecule has 4 heteroatoms. The molecule has 3 nitrogen and oxygen atoms in total. The van der Waals surface area contributed by atoms with E-state index in [1.165, 1.54) is 12.8 Å². The number of ether oxygens (including phenoxy) is 1. The Morgan fingerprint density at radius 1 is 1.35 bits per heavy atom. The van der Waals surface area contributed by atoms with E-state index < -0.39 is 0 Å². The Balaban J connectivity index is 1.76. The maximum Gasteiger partial charge on any atom is 0.134 e. The van der Waals surface area contributed by atoms with Gasteiger partial charge in [-0.25, -0.2) is 0 Å². The molecular formula is C16H17BrN2O. The normalized spacial score (nSPS) is 14.3. The van der Waals surface area contributed by atoms with Crippen molar-refractivity contribution in [2.45, 2.75) is 32.4 Å². The van der Waals surface area contributed by atoms with Gasteiger partial charge in [0.15, 0.2) is 0 Å². The van der Waals surface area contributed by atoms with Crippen LogP contribution in [0.1, 0.15) is 24.0 Å². The molecule has 1 aliphatic carbocycles. The molecule has 1 aliphatic rings. The molecule has 0 spiro atoms. The molecular weight excluding hydrogens is 316 g/mol. The summed E-state index contributed by atoms with van der Waals surface area (Å²) in [5.74, 6) is 1.72. The summed E-state index contributed by atoms with van der Waals surface area (Å²) in [6, 6.07) is 8.60. The van der Waals surface area contributed by atoms with Crippen LogP contribution in [0, 0.1) is 6.92 Å². The summed E-state index contributed by atoms with van der Waals surface area (Å²) in [6.07, 6.45) is 6.20. The SMILES string of the molecule is Cc1cc(Oc2ccncc2CNC2CC2)ccc1Br. The minimum Gasteiger partial charge on any atom is -0.457 e. The van der Waals surface area contributed by atoms with Crippen molar-refractivity contribution in [2.75, 3.05) is 0 Å². The van der Waals surface area contributed by atoms with Gasteiger partial charge in [0.1, 0.15) is 11.5 Å². The molecule has 1 aromatic heterocycles. The molecule has 0 unspecified atom stereocenters. The lowest BCUT2D eigenvalue weighted by Crippen LogP contribution is -2.15. The van der Waals surface area contributed by atoms with Crippen molar-refractivity contribution < 1.29 is 4.74 Å². The average Bonchev–Trinajstić information content (AvgIpc) is 3.26. The van der Waals surface area contributed by atoms with Crippen molar-refractivity contribution in [1.29, 1.82) is 0 Å². The van der Waals surface area contributed by atoms with Crippen LogP contribution in [-0.4, -0.2) is 11.0 Å². The number of pyridine rings is 1. The predicted molar refractivity (Wildman–Crippen MR) is 83.1 cm³/mol. The third-order valence-electron chi connectivity index (χ3n) is 3.37. The Labute approximate surface area is 127 Å². The van der Waals surface area contributed by atoms with Crippen LogP contribution >= 0.6 is 15.9 Å². The lowest BCUT2D eigenvalue weighted by atomic mass is 10.2. The third kappa shape index (κ3) is 3.38. The Hall–Kier alpha value is -1.39. The zero-order valence-corrected chi connectivity index (χ0v) is 13.0. The molecule has 0 bridgehead atoms. The molecule has 3 rings (SSSR count). The lowest BCUT2D eigenvalue weighted by Gasteiger charge is -2.12. The number of rotatable bonds is 5. The molecule has 20 heavy (non-hydrogen) atoms. The summed E-state index contributed by atoms with van der Waals surface area (Å²) < 4.78 is 7.09. The van der Waals surface area contributed by atoms with Gasteiger partial charge in [0.2, 0.25) is 0 Å². The van der Waals surface area contributed by atoms with Crippen LogP contribution in [0.4, 0.5) is 0 Å². The highest BCUT2D eigenvalue weighted by molar-refractivity contribution is 9.10. The molecule has 0 saturated heterocycles. The van der Waals surface area contributed by atoms with Crippen LogP contribution in [0.5, 0.6) is 11.5 Å². The zero-order chi connectivity index (χ0) is 13.9. The number of nitrogens with zero attached hydrogens (tertiary/aromatic N) is 1. The van der Waals surface area contributed by atoms with Crippen molar-refractivity contribution >= 4 is 15.9 Å². The summed E-state index contributed by atoms with van der Waals surface area (Å²) in [6.45, 7) is 2.86. The van der Waals surface area contributed by atoms with E-state index in [1.807, 2.05) is 30.5 Å². The van der Waals surface area contributed by atoms with E-state index >= 15 is 0 Å².